The molecule has 3 rings (SSSR count). The molecule has 1 aromatic carbocycles. The molecule has 2 heterocycles. The molecule has 1 aromatic heterocycles. The van der Waals surface area contributed by atoms with Gasteiger partial charge in [-0.1, -0.05) is 12.1 Å². The summed E-state index contributed by atoms with van der Waals surface area (Å²) in [5, 5.41) is 2.44. The molecule has 2 aromatic rings. The molecular formula is C12H14N2O. The van der Waals surface area contributed by atoms with Crippen molar-refractivity contribution in [1.29, 1.82) is 0 Å². The van der Waals surface area contributed by atoms with Crippen LogP contribution < -0.4 is 5.73 Å². The van der Waals surface area contributed by atoms with Crippen LogP contribution in [-0.4, -0.2) is 17.6 Å². The molecule has 2 unspecified atom stereocenters. The van der Waals surface area contributed by atoms with Gasteiger partial charge in [-0.15, -0.1) is 0 Å². The number of benzene rings is 1. The van der Waals surface area contributed by atoms with Crippen molar-refractivity contribution in [1.82, 2.24) is 4.98 Å². The van der Waals surface area contributed by atoms with Gasteiger partial charge in [-0.25, -0.2) is 0 Å². The molecule has 1 fully saturated rings. The smallest absolute Gasteiger partial charge is 0.0976 e. The lowest BCUT2D eigenvalue weighted by molar-refractivity contribution is 0.105. The van der Waals surface area contributed by atoms with Crippen LogP contribution in [0.5, 0.6) is 0 Å². The normalized spacial score (nSPS) is 26.2. The van der Waals surface area contributed by atoms with Crippen molar-refractivity contribution in [2.45, 2.75) is 18.6 Å². The Hall–Kier alpha value is -1.32. The summed E-state index contributed by atoms with van der Waals surface area (Å²) in [6, 6.07) is 6.50. The molecule has 15 heavy (non-hydrogen) atoms. The van der Waals surface area contributed by atoms with E-state index in [0.29, 0.717) is 0 Å². The third-order valence-electron chi connectivity index (χ3n) is 3.05. The summed E-state index contributed by atoms with van der Waals surface area (Å²) in [4.78, 5) is 3.09. The number of hydrogen-bond donors (Lipinski definition) is 2. The number of aromatic nitrogens is 1. The zero-order chi connectivity index (χ0) is 10.3. The van der Waals surface area contributed by atoms with Gasteiger partial charge in [0.15, 0.2) is 0 Å². The fraction of sp³-hybridized carbons (Fsp3) is 0.333. The van der Waals surface area contributed by atoms with Gasteiger partial charge in [0.25, 0.3) is 0 Å². The fourth-order valence-electron chi connectivity index (χ4n) is 2.20. The van der Waals surface area contributed by atoms with E-state index in [1.165, 1.54) is 16.3 Å². The first kappa shape index (κ1) is 8.95. The SMILES string of the molecule is NC1CCOC1c1ccc2c[nH]cc2c1. The van der Waals surface area contributed by atoms with Crippen molar-refractivity contribution >= 4 is 10.8 Å². The Morgan fingerprint density at radius 2 is 2.13 bits per heavy atom. The third-order valence-corrected chi connectivity index (χ3v) is 3.05. The molecule has 0 radical (unpaired) electrons. The Bertz CT molecular complexity index is 477. The number of fused-ring (bicyclic) bond motifs is 1. The van der Waals surface area contributed by atoms with Crippen LogP contribution in [0.4, 0.5) is 0 Å². The predicted octanol–water partition coefficient (Wildman–Crippen LogP) is 1.96. The molecule has 78 valence electrons. The molecule has 0 amide bonds. The molecule has 1 saturated heterocycles. The van der Waals surface area contributed by atoms with E-state index in [2.05, 4.69) is 23.2 Å². The van der Waals surface area contributed by atoms with Crippen molar-refractivity contribution in [2.75, 3.05) is 6.61 Å². The van der Waals surface area contributed by atoms with E-state index in [4.69, 9.17) is 10.5 Å². The molecule has 1 aliphatic heterocycles. The van der Waals surface area contributed by atoms with Crippen molar-refractivity contribution in [3.8, 4) is 0 Å². The van der Waals surface area contributed by atoms with Crippen LogP contribution in [0, 0.1) is 0 Å². The van der Waals surface area contributed by atoms with Gasteiger partial charge in [0.05, 0.1) is 6.10 Å². The van der Waals surface area contributed by atoms with E-state index in [1.807, 2.05) is 12.4 Å². The van der Waals surface area contributed by atoms with E-state index in [9.17, 15) is 0 Å². The molecule has 0 bridgehead atoms. The number of hydrogen-bond acceptors (Lipinski definition) is 2. The average molecular weight is 202 g/mol. The van der Waals surface area contributed by atoms with E-state index in [-0.39, 0.29) is 12.1 Å². The second-order valence-corrected chi connectivity index (χ2v) is 4.09. The zero-order valence-electron chi connectivity index (χ0n) is 8.44. The van der Waals surface area contributed by atoms with Gasteiger partial charge in [0.1, 0.15) is 0 Å². The fourth-order valence-corrected chi connectivity index (χ4v) is 2.20. The highest BCUT2D eigenvalue weighted by molar-refractivity contribution is 5.82. The summed E-state index contributed by atoms with van der Waals surface area (Å²) < 4.78 is 5.64. The van der Waals surface area contributed by atoms with Gasteiger partial charge in [-0.05, 0) is 28.8 Å². The quantitative estimate of drug-likeness (QED) is 0.742. The van der Waals surface area contributed by atoms with Gasteiger partial charge in [-0.3, -0.25) is 0 Å². The van der Waals surface area contributed by atoms with E-state index < -0.39 is 0 Å². The molecule has 3 nitrogen and oxygen atoms in total. The topological polar surface area (TPSA) is 51.0 Å². The molecule has 0 aliphatic carbocycles. The Labute approximate surface area is 88.2 Å². The lowest BCUT2D eigenvalue weighted by Gasteiger charge is -2.14. The number of H-pyrrole nitrogens is 1. The van der Waals surface area contributed by atoms with Gasteiger partial charge < -0.3 is 15.5 Å². The summed E-state index contributed by atoms with van der Waals surface area (Å²) in [5.41, 5.74) is 7.18. The third kappa shape index (κ3) is 1.44. The van der Waals surface area contributed by atoms with Crippen LogP contribution in [0.3, 0.4) is 0 Å². The minimum absolute atomic E-state index is 0.0734. The van der Waals surface area contributed by atoms with Crippen LogP contribution in [0.1, 0.15) is 18.1 Å². The van der Waals surface area contributed by atoms with Crippen molar-refractivity contribution in [3.63, 3.8) is 0 Å². The van der Waals surface area contributed by atoms with Crippen LogP contribution in [0.15, 0.2) is 30.6 Å². The number of rotatable bonds is 1. The molecule has 2 atom stereocenters. The molecule has 1 aliphatic rings. The number of aromatic amines is 1. The van der Waals surface area contributed by atoms with Gasteiger partial charge in [0.2, 0.25) is 0 Å². The first-order valence-electron chi connectivity index (χ1n) is 5.28. The highest BCUT2D eigenvalue weighted by Gasteiger charge is 2.26. The Morgan fingerprint density at radius 1 is 1.27 bits per heavy atom. The maximum atomic E-state index is 6.00. The predicted molar refractivity (Wildman–Crippen MR) is 59.6 cm³/mol. The molecule has 3 heteroatoms. The van der Waals surface area contributed by atoms with Crippen LogP contribution in [0.2, 0.25) is 0 Å². The maximum absolute atomic E-state index is 6.00. The van der Waals surface area contributed by atoms with E-state index in [1.54, 1.807) is 0 Å². The Balaban J connectivity index is 2.03. The first-order valence-corrected chi connectivity index (χ1v) is 5.28. The maximum Gasteiger partial charge on any atom is 0.0976 e. The van der Waals surface area contributed by atoms with Crippen LogP contribution >= 0.6 is 0 Å². The van der Waals surface area contributed by atoms with Gasteiger partial charge in [-0.2, -0.15) is 0 Å². The summed E-state index contributed by atoms with van der Waals surface area (Å²) in [6.45, 7) is 0.775. The number of nitrogens with one attached hydrogen (secondary N) is 1. The second kappa shape index (κ2) is 3.36. The van der Waals surface area contributed by atoms with E-state index in [0.717, 1.165) is 13.0 Å². The second-order valence-electron chi connectivity index (χ2n) is 4.09. The lowest BCUT2D eigenvalue weighted by atomic mass is 10.0. The minimum Gasteiger partial charge on any atom is -0.372 e. The largest absolute Gasteiger partial charge is 0.372 e. The van der Waals surface area contributed by atoms with Crippen LogP contribution in [-0.2, 0) is 4.74 Å². The van der Waals surface area contributed by atoms with Gasteiger partial charge in [0, 0.05) is 25.0 Å². The van der Waals surface area contributed by atoms with Crippen LogP contribution in [0.25, 0.3) is 10.8 Å². The van der Waals surface area contributed by atoms with Crippen molar-refractivity contribution in [3.05, 3.63) is 36.2 Å². The van der Waals surface area contributed by atoms with E-state index >= 15 is 0 Å². The molecular weight excluding hydrogens is 188 g/mol. The lowest BCUT2D eigenvalue weighted by Crippen LogP contribution is -2.23. The summed E-state index contributed by atoms with van der Waals surface area (Å²) >= 11 is 0. The molecule has 0 saturated carbocycles. The summed E-state index contributed by atoms with van der Waals surface area (Å²) in [5.74, 6) is 0. The highest BCUT2D eigenvalue weighted by Crippen LogP contribution is 2.29. The highest BCUT2D eigenvalue weighted by atomic mass is 16.5. The number of nitrogens with two attached hydrogens (primary N) is 1. The molecule has 3 N–H and O–H groups in total. The summed E-state index contributed by atoms with van der Waals surface area (Å²) in [6.07, 6.45) is 5.02. The average Bonchev–Trinajstić information content (AvgIpc) is 2.84. The monoisotopic (exact) mass is 202 g/mol. The number of ether oxygens (including phenoxy) is 1. The van der Waals surface area contributed by atoms with Gasteiger partial charge >= 0.3 is 0 Å². The minimum atomic E-state index is 0.0734. The Kier molecular flexibility index (Phi) is 2.01. The molecule has 0 spiro atoms. The first-order chi connectivity index (χ1) is 7.34. The summed E-state index contributed by atoms with van der Waals surface area (Å²) in [7, 11) is 0. The standard InChI is InChI=1S/C12H14N2O/c13-11-3-4-15-12(11)8-1-2-9-6-14-7-10(9)5-8/h1-2,5-7,11-12,14H,3-4,13H2. The van der Waals surface area contributed by atoms with Crippen molar-refractivity contribution in [2.24, 2.45) is 5.73 Å². The van der Waals surface area contributed by atoms with Crippen molar-refractivity contribution < 1.29 is 4.74 Å². The Morgan fingerprint density at radius 3 is 2.93 bits per heavy atom. The zero-order valence-corrected chi connectivity index (χ0v) is 8.44.